The molecule has 1 unspecified atom stereocenters. The number of non-ortho nitro benzene ring substituents is 1. The molecule has 0 spiro atoms. The van der Waals surface area contributed by atoms with Crippen molar-refractivity contribution in [1.29, 1.82) is 0 Å². The summed E-state index contributed by atoms with van der Waals surface area (Å²) in [7, 11) is 0. The highest BCUT2D eigenvalue weighted by Gasteiger charge is 2.44. The van der Waals surface area contributed by atoms with Gasteiger partial charge in [0.25, 0.3) is 5.69 Å². The molecule has 0 saturated heterocycles. The van der Waals surface area contributed by atoms with Gasteiger partial charge in [-0.25, -0.2) is 0 Å². The molecule has 32 heavy (non-hydrogen) atoms. The smallest absolute Gasteiger partial charge is 0.271 e. The fourth-order valence-corrected chi connectivity index (χ4v) is 5.18. The second-order valence-electron chi connectivity index (χ2n) is 9.29. The molecule has 2 aromatic rings. The number of anilines is 1. The summed E-state index contributed by atoms with van der Waals surface area (Å²) in [6, 6.07) is 12.6. The van der Waals surface area contributed by atoms with E-state index in [2.05, 4.69) is 0 Å². The van der Waals surface area contributed by atoms with Crippen molar-refractivity contribution in [3.8, 4) is 0 Å². The van der Waals surface area contributed by atoms with E-state index in [1.807, 2.05) is 51.3 Å². The zero-order valence-corrected chi connectivity index (χ0v) is 19.5. The zero-order chi connectivity index (χ0) is 23.2. The van der Waals surface area contributed by atoms with Crippen molar-refractivity contribution in [2.24, 2.45) is 5.41 Å². The van der Waals surface area contributed by atoms with Crippen molar-refractivity contribution >= 4 is 34.8 Å². The second kappa shape index (κ2) is 8.20. The summed E-state index contributed by atoms with van der Waals surface area (Å²) in [5, 5.41) is 11.4. The minimum atomic E-state index is -0.460. The molecule has 6 nitrogen and oxygen atoms in total. The lowest BCUT2D eigenvalue weighted by Crippen LogP contribution is -2.44. The van der Waals surface area contributed by atoms with Crippen LogP contribution in [0.5, 0.6) is 0 Å². The molecule has 1 atom stereocenters. The van der Waals surface area contributed by atoms with E-state index in [0.717, 1.165) is 16.0 Å². The largest absolute Gasteiger partial charge is 0.294 e. The Bertz CT molecular complexity index is 1150. The Kier molecular flexibility index (Phi) is 5.71. The standard InChI is InChI=1S/C25H26N2O4S/c1-15-5-8-17(27(30)31)11-20(15)26-21-13-25(2,3)14-22(28)24(21)19(12-23(26)29)16-6-9-18(32-4)10-7-16/h5-11,19H,12-14H2,1-4H3. The van der Waals surface area contributed by atoms with E-state index < -0.39 is 4.92 Å². The number of carbonyl (C=O) groups is 2. The number of aryl methyl sites for hydroxylation is 1. The molecule has 2 aromatic carbocycles. The molecule has 4 rings (SSSR count). The van der Waals surface area contributed by atoms with Crippen LogP contribution < -0.4 is 4.90 Å². The third kappa shape index (κ3) is 3.97. The normalized spacial score (nSPS) is 20.4. The van der Waals surface area contributed by atoms with Gasteiger partial charge in [0.05, 0.1) is 10.6 Å². The summed E-state index contributed by atoms with van der Waals surface area (Å²) in [4.78, 5) is 40.5. The summed E-state index contributed by atoms with van der Waals surface area (Å²) in [6.07, 6.45) is 3.14. The van der Waals surface area contributed by atoms with Crippen LogP contribution in [0, 0.1) is 22.5 Å². The topological polar surface area (TPSA) is 80.5 Å². The maximum atomic E-state index is 13.5. The number of amides is 1. The number of ketones is 1. The van der Waals surface area contributed by atoms with Crippen molar-refractivity contribution in [3.05, 3.63) is 75.0 Å². The van der Waals surface area contributed by atoms with E-state index in [0.29, 0.717) is 29.8 Å². The van der Waals surface area contributed by atoms with E-state index in [1.165, 1.54) is 12.1 Å². The van der Waals surface area contributed by atoms with Crippen LogP contribution in [0.3, 0.4) is 0 Å². The number of Topliss-reactive ketones (excluding diaryl/α,β-unsaturated/α-hetero) is 1. The molecule has 166 valence electrons. The Balaban J connectivity index is 1.90. The minimum Gasteiger partial charge on any atom is -0.294 e. The van der Waals surface area contributed by atoms with Gasteiger partial charge in [0.2, 0.25) is 5.91 Å². The van der Waals surface area contributed by atoms with E-state index in [4.69, 9.17) is 0 Å². The third-order valence-corrected chi connectivity index (χ3v) is 7.05. The predicted molar refractivity (Wildman–Crippen MR) is 126 cm³/mol. The number of rotatable bonds is 4. The molecule has 0 N–H and O–H groups in total. The summed E-state index contributed by atoms with van der Waals surface area (Å²) < 4.78 is 0. The first kappa shape index (κ1) is 22.3. The molecule has 0 fully saturated rings. The first-order chi connectivity index (χ1) is 15.1. The molecule has 7 heteroatoms. The quantitative estimate of drug-likeness (QED) is 0.335. The fourth-order valence-electron chi connectivity index (χ4n) is 4.77. The summed E-state index contributed by atoms with van der Waals surface area (Å²) >= 11 is 1.64. The van der Waals surface area contributed by atoms with Gasteiger partial charge in [-0.2, -0.15) is 0 Å². The highest BCUT2D eigenvalue weighted by Crippen LogP contribution is 2.49. The average molecular weight is 451 g/mol. The van der Waals surface area contributed by atoms with Crippen LogP contribution in [0.15, 0.2) is 58.6 Å². The maximum Gasteiger partial charge on any atom is 0.271 e. The lowest BCUT2D eigenvalue weighted by Gasteiger charge is -2.43. The Hall–Kier alpha value is -2.93. The van der Waals surface area contributed by atoms with Crippen molar-refractivity contribution in [2.45, 2.75) is 50.8 Å². The van der Waals surface area contributed by atoms with Gasteiger partial charge in [0, 0.05) is 47.1 Å². The number of nitrogens with zero attached hydrogens (tertiary/aromatic N) is 2. The van der Waals surface area contributed by atoms with Gasteiger partial charge < -0.3 is 0 Å². The lowest BCUT2D eigenvalue weighted by atomic mass is 9.69. The molecule has 0 bridgehead atoms. The maximum absolute atomic E-state index is 13.5. The van der Waals surface area contributed by atoms with Crippen LogP contribution in [0.4, 0.5) is 11.4 Å². The first-order valence-corrected chi connectivity index (χ1v) is 11.8. The van der Waals surface area contributed by atoms with Crippen LogP contribution in [-0.4, -0.2) is 22.9 Å². The Morgan fingerprint density at radius 3 is 2.41 bits per heavy atom. The number of thioether (sulfide) groups is 1. The first-order valence-electron chi connectivity index (χ1n) is 10.6. The van der Waals surface area contributed by atoms with Gasteiger partial charge in [-0.1, -0.05) is 32.0 Å². The summed E-state index contributed by atoms with van der Waals surface area (Å²) in [5.74, 6) is -0.389. The SMILES string of the molecule is CSc1ccc(C2CC(=O)N(c3cc([N+](=O)[O-])ccc3C)C3=C2C(=O)CC(C)(C)C3)cc1. The molecule has 0 saturated carbocycles. The van der Waals surface area contributed by atoms with E-state index in [9.17, 15) is 19.7 Å². The van der Waals surface area contributed by atoms with Gasteiger partial charge in [-0.15, -0.1) is 11.8 Å². The Morgan fingerprint density at radius 2 is 1.78 bits per heavy atom. The number of allylic oxidation sites excluding steroid dienone is 2. The summed E-state index contributed by atoms with van der Waals surface area (Å²) in [5.41, 5.74) is 3.18. The zero-order valence-electron chi connectivity index (χ0n) is 18.7. The average Bonchev–Trinajstić information content (AvgIpc) is 2.73. The van der Waals surface area contributed by atoms with Crippen molar-refractivity contribution in [1.82, 2.24) is 0 Å². The number of nitro groups is 1. The molecular formula is C25H26N2O4S. The van der Waals surface area contributed by atoms with Crippen LogP contribution in [-0.2, 0) is 9.59 Å². The lowest BCUT2D eigenvalue weighted by molar-refractivity contribution is -0.384. The fraction of sp³-hybridized carbons (Fsp3) is 0.360. The molecule has 1 aliphatic carbocycles. The molecule has 2 aliphatic rings. The molecular weight excluding hydrogens is 424 g/mol. The minimum absolute atomic E-state index is 0.0516. The molecule has 0 radical (unpaired) electrons. The summed E-state index contributed by atoms with van der Waals surface area (Å²) in [6.45, 7) is 5.87. The van der Waals surface area contributed by atoms with Gasteiger partial charge in [-0.05, 0) is 48.3 Å². The molecule has 1 amide bonds. The number of hydrogen-bond donors (Lipinski definition) is 0. The highest BCUT2D eigenvalue weighted by atomic mass is 32.2. The number of hydrogen-bond acceptors (Lipinski definition) is 5. The van der Waals surface area contributed by atoms with Gasteiger partial charge in [0.15, 0.2) is 5.78 Å². The van der Waals surface area contributed by atoms with Crippen molar-refractivity contribution in [3.63, 3.8) is 0 Å². The predicted octanol–water partition coefficient (Wildman–Crippen LogP) is 5.79. The third-order valence-electron chi connectivity index (χ3n) is 6.31. The number of carbonyl (C=O) groups excluding carboxylic acids is 2. The van der Waals surface area contributed by atoms with Crippen molar-refractivity contribution < 1.29 is 14.5 Å². The van der Waals surface area contributed by atoms with Crippen LogP contribution in [0.1, 0.15) is 50.2 Å². The van der Waals surface area contributed by atoms with Crippen LogP contribution in [0.25, 0.3) is 0 Å². The number of nitro benzene ring substituents is 1. The second-order valence-corrected chi connectivity index (χ2v) is 10.2. The monoisotopic (exact) mass is 450 g/mol. The highest BCUT2D eigenvalue weighted by molar-refractivity contribution is 7.98. The molecule has 1 heterocycles. The van der Waals surface area contributed by atoms with Gasteiger partial charge >= 0.3 is 0 Å². The van der Waals surface area contributed by atoms with E-state index in [-0.39, 0.29) is 35.1 Å². The van der Waals surface area contributed by atoms with Crippen LogP contribution >= 0.6 is 11.8 Å². The van der Waals surface area contributed by atoms with Gasteiger partial charge in [-0.3, -0.25) is 24.6 Å². The molecule has 0 aromatic heterocycles. The molecule has 1 aliphatic heterocycles. The van der Waals surface area contributed by atoms with Gasteiger partial charge in [0.1, 0.15) is 0 Å². The Labute approximate surface area is 191 Å². The van der Waals surface area contributed by atoms with E-state index in [1.54, 1.807) is 22.7 Å². The number of benzene rings is 2. The van der Waals surface area contributed by atoms with Crippen molar-refractivity contribution in [2.75, 3.05) is 11.2 Å². The van der Waals surface area contributed by atoms with E-state index >= 15 is 0 Å². The van der Waals surface area contributed by atoms with Crippen LogP contribution in [0.2, 0.25) is 0 Å². The Morgan fingerprint density at radius 1 is 1.09 bits per heavy atom.